The van der Waals surface area contributed by atoms with Crippen molar-refractivity contribution in [3.63, 3.8) is 0 Å². The quantitative estimate of drug-likeness (QED) is 0.792. The topological polar surface area (TPSA) is 83.5 Å². The predicted octanol–water partition coefficient (Wildman–Crippen LogP) is 3.42. The highest BCUT2D eigenvalue weighted by molar-refractivity contribution is 5.83. The molecule has 5 nitrogen and oxygen atoms in total. The summed E-state index contributed by atoms with van der Waals surface area (Å²) in [7, 11) is 0. The number of aliphatic carboxylic acids is 1. The van der Waals surface area contributed by atoms with Crippen LogP contribution in [0.1, 0.15) is 71.6 Å². The highest BCUT2D eigenvalue weighted by Crippen LogP contribution is 2.67. The van der Waals surface area contributed by atoms with Crippen LogP contribution in [0.5, 0.6) is 0 Å². The molecule has 0 aliphatic heterocycles. The van der Waals surface area contributed by atoms with E-state index in [0.29, 0.717) is 34.9 Å². The van der Waals surface area contributed by atoms with E-state index in [0.717, 1.165) is 51.4 Å². The lowest BCUT2D eigenvalue weighted by atomic mass is 9.45. The number of carboxylic acids is 1. The fraction of sp³-hybridized carbons (Fsp3) is 0.864. The summed E-state index contributed by atoms with van der Waals surface area (Å²) in [5, 5.41) is 11.5. The molecule has 6 unspecified atom stereocenters. The summed E-state index contributed by atoms with van der Waals surface area (Å²) in [6, 6.07) is 0. The first-order valence-corrected chi connectivity index (χ1v) is 10.8. The number of Topliss-reactive ketones (excluding diaryl/α,β-unsaturated/α-hetero) is 1. The molecule has 4 rings (SSSR count). The first-order valence-electron chi connectivity index (χ1n) is 10.8. The molecular weight excluding hydrogens is 342 g/mol. The first kappa shape index (κ1) is 18.9. The Bertz CT molecular complexity index is 661. The molecule has 0 saturated heterocycles. The summed E-state index contributed by atoms with van der Waals surface area (Å²) in [4.78, 5) is 35.5. The number of carbonyl (C=O) groups is 3. The number of carboxylic acid groups (broad SMARTS) is 1. The summed E-state index contributed by atoms with van der Waals surface area (Å²) < 4.78 is 0. The molecule has 0 heterocycles. The van der Waals surface area contributed by atoms with Gasteiger partial charge in [0.05, 0.1) is 0 Å². The molecule has 4 aliphatic rings. The molecular formula is C22H33NO4. The van der Waals surface area contributed by atoms with Gasteiger partial charge in [0.2, 0.25) is 5.91 Å². The average Bonchev–Trinajstić information content (AvgIpc) is 2.97. The second-order valence-corrected chi connectivity index (χ2v) is 10.2. The summed E-state index contributed by atoms with van der Waals surface area (Å²) in [6.45, 7) is 4.44. The summed E-state index contributed by atoms with van der Waals surface area (Å²) in [5.41, 5.74) is 0.291. The highest BCUT2D eigenvalue weighted by Gasteiger charge is 2.61. The Morgan fingerprint density at radius 2 is 1.78 bits per heavy atom. The van der Waals surface area contributed by atoms with Gasteiger partial charge in [-0.15, -0.1) is 0 Å². The molecule has 4 fully saturated rings. The van der Waals surface area contributed by atoms with E-state index < -0.39 is 5.97 Å². The van der Waals surface area contributed by atoms with Crippen molar-refractivity contribution in [1.82, 2.24) is 5.32 Å². The Kier molecular flexibility index (Phi) is 4.63. The molecule has 150 valence electrons. The monoisotopic (exact) mass is 375 g/mol. The van der Waals surface area contributed by atoms with Gasteiger partial charge in [0.15, 0.2) is 0 Å². The van der Waals surface area contributed by atoms with E-state index in [1.54, 1.807) is 0 Å². The molecule has 0 aromatic carbocycles. The van der Waals surface area contributed by atoms with Gasteiger partial charge in [-0.1, -0.05) is 13.8 Å². The molecule has 2 N–H and O–H groups in total. The van der Waals surface area contributed by atoms with Gasteiger partial charge in [0.25, 0.3) is 0 Å². The van der Waals surface area contributed by atoms with Gasteiger partial charge in [-0.25, -0.2) is 0 Å². The fourth-order valence-electron chi connectivity index (χ4n) is 7.76. The third-order valence-electron chi connectivity index (χ3n) is 9.21. The molecule has 0 aromatic heterocycles. The van der Waals surface area contributed by atoms with Crippen LogP contribution in [0.3, 0.4) is 0 Å². The van der Waals surface area contributed by atoms with Gasteiger partial charge in [-0.2, -0.15) is 0 Å². The van der Waals surface area contributed by atoms with Crippen LogP contribution in [0.2, 0.25) is 0 Å². The number of hydrogen-bond donors (Lipinski definition) is 2. The molecule has 4 saturated carbocycles. The number of fused-ring (bicyclic) bond motifs is 5. The van der Waals surface area contributed by atoms with E-state index in [2.05, 4.69) is 19.2 Å². The van der Waals surface area contributed by atoms with Crippen molar-refractivity contribution >= 4 is 17.7 Å². The Morgan fingerprint density at radius 1 is 1.04 bits per heavy atom. The van der Waals surface area contributed by atoms with Crippen molar-refractivity contribution < 1.29 is 19.5 Å². The standard InChI is InChI=1S/C22H33NO4/c1-21-9-7-14(24)11-13(21)3-4-15-16-5-6-18(20(27)23-12-19(25)26)22(16,2)10-8-17(15)21/h13,15-18H,3-12H2,1-2H3,(H,23,27)(H,25,26)/t13-,15?,16?,17?,18?,21?,22?/m1/s1. The minimum absolute atomic E-state index is 0.00254. The molecule has 7 atom stereocenters. The zero-order chi connectivity index (χ0) is 19.4. The number of nitrogens with one attached hydrogen (secondary N) is 1. The van der Waals surface area contributed by atoms with Gasteiger partial charge in [-0.3, -0.25) is 14.4 Å². The SMILES string of the molecule is CC12CCC3C(CC[C@@H]4CC(=O)CCC34C)C1CCC2C(=O)NCC(=O)O. The summed E-state index contributed by atoms with van der Waals surface area (Å²) in [6.07, 6.45) is 9.11. The van der Waals surface area contributed by atoms with E-state index in [1.807, 2.05) is 0 Å². The number of rotatable bonds is 3. The number of ketones is 1. The highest BCUT2D eigenvalue weighted by atomic mass is 16.4. The largest absolute Gasteiger partial charge is 0.480 e. The minimum atomic E-state index is -0.982. The molecule has 4 aliphatic carbocycles. The van der Waals surface area contributed by atoms with Crippen LogP contribution < -0.4 is 5.32 Å². The van der Waals surface area contributed by atoms with E-state index in [9.17, 15) is 14.4 Å². The van der Waals surface area contributed by atoms with Gasteiger partial charge < -0.3 is 10.4 Å². The molecule has 1 amide bonds. The van der Waals surface area contributed by atoms with Gasteiger partial charge in [0.1, 0.15) is 12.3 Å². The number of hydrogen-bond acceptors (Lipinski definition) is 3. The molecule has 0 spiro atoms. The van der Waals surface area contributed by atoms with Crippen molar-refractivity contribution in [2.45, 2.75) is 71.6 Å². The third kappa shape index (κ3) is 2.92. The number of amides is 1. The molecule has 27 heavy (non-hydrogen) atoms. The normalized spacial score (nSPS) is 46.1. The Morgan fingerprint density at radius 3 is 2.52 bits per heavy atom. The first-order chi connectivity index (χ1) is 12.8. The summed E-state index contributed by atoms with van der Waals surface area (Å²) >= 11 is 0. The van der Waals surface area contributed by atoms with Crippen LogP contribution in [-0.2, 0) is 14.4 Å². The van der Waals surface area contributed by atoms with Crippen LogP contribution in [0.4, 0.5) is 0 Å². The zero-order valence-corrected chi connectivity index (χ0v) is 16.6. The van der Waals surface area contributed by atoms with E-state index in [-0.39, 0.29) is 23.8 Å². The van der Waals surface area contributed by atoms with E-state index >= 15 is 0 Å². The number of carbonyl (C=O) groups excluding carboxylic acids is 2. The molecule has 0 bridgehead atoms. The minimum Gasteiger partial charge on any atom is -0.480 e. The van der Waals surface area contributed by atoms with Crippen LogP contribution in [0, 0.1) is 40.4 Å². The Balaban J connectivity index is 1.53. The predicted molar refractivity (Wildman–Crippen MR) is 101 cm³/mol. The zero-order valence-electron chi connectivity index (χ0n) is 16.6. The maximum atomic E-state index is 12.7. The van der Waals surface area contributed by atoms with Crippen molar-refractivity contribution in [3.05, 3.63) is 0 Å². The third-order valence-corrected chi connectivity index (χ3v) is 9.21. The molecule has 0 aromatic rings. The van der Waals surface area contributed by atoms with Crippen LogP contribution in [0.15, 0.2) is 0 Å². The second kappa shape index (κ2) is 6.59. The van der Waals surface area contributed by atoms with Gasteiger partial charge in [0, 0.05) is 18.8 Å². The van der Waals surface area contributed by atoms with Crippen LogP contribution in [-0.4, -0.2) is 29.3 Å². The van der Waals surface area contributed by atoms with Crippen LogP contribution in [0.25, 0.3) is 0 Å². The van der Waals surface area contributed by atoms with Crippen LogP contribution >= 0.6 is 0 Å². The van der Waals surface area contributed by atoms with Crippen molar-refractivity contribution in [2.75, 3.05) is 6.54 Å². The van der Waals surface area contributed by atoms with Crippen molar-refractivity contribution in [1.29, 1.82) is 0 Å². The molecule has 0 radical (unpaired) electrons. The lowest BCUT2D eigenvalue weighted by Gasteiger charge is -2.60. The lowest BCUT2D eigenvalue weighted by molar-refractivity contribution is -0.145. The van der Waals surface area contributed by atoms with E-state index in [1.165, 1.54) is 6.42 Å². The van der Waals surface area contributed by atoms with Crippen molar-refractivity contribution in [2.24, 2.45) is 40.4 Å². The Hall–Kier alpha value is -1.39. The second-order valence-electron chi connectivity index (χ2n) is 10.2. The lowest BCUT2D eigenvalue weighted by Crippen LogP contribution is -2.54. The maximum absolute atomic E-state index is 12.7. The summed E-state index contributed by atoms with van der Waals surface area (Å²) in [5.74, 6) is 1.81. The average molecular weight is 376 g/mol. The molecule has 5 heteroatoms. The smallest absolute Gasteiger partial charge is 0.322 e. The van der Waals surface area contributed by atoms with E-state index in [4.69, 9.17) is 5.11 Å². The van der Waals surface area contributed by atoms with Crippen molar-refractivity contribution in [3.8, 4) is 0 Å². The van der Waals surface area contributed by atoms with Gasteiger partial charge >= 0.3 is 5.97 Å². The Labute approximate surface area is 161 Å². The van der Waals surface area contributed by atoms with Gasteiger partial charge in [-0.05, 0) is 79.4 Å². The fourth-order valence-corrected chi connectivity index (χ4v) is 7.76. The maximum Gasteiger partial charge on any atom is 0.322 e.